The van der Waals surface area contributed by atoms with E-state index in [-0.39, 0.29) is 18.6 Å². The number of nitrogens with one attached hydrogen (secondary N) is 1. The molecule has 21 heavy (non-hydrogen) atoms. The number of rotatable bonds is 4. The molecule has 0 radical (unpaired) electrons. The fourth-order valence-corrected chi connectivity index (χ4v) is 2.26. The Morgan fingerprint density at radius 2 is 1.95 bits per heavy atom. The molecule has 4 nitrogen and oxygen atoms in total. The highest BCUT2D eigenvalue weighted by molar-refractivity contribution is 7.89. The summed E-state index contributed by atoms with van der Waals surface area (Å²) in [6.45, 7) is -1.95. The summed E-state index contributed by atoms with van der Waals surface area (Å²) in [7, 11) is -4.46. The Morgan fingerprint density at radius 1 is 1.29 bits per heavy atom. The average molecular weight is 325 g/mol. The number of aliphatic hydroxyl groups is 1. The van der Waals surface area contributed by atoms with Crippen LogP contribution in [0.3, 0.4) is 0 Å². The molecule has 116 valence electrons. The lowest BCUT2D eigenvalue weighted by molar-refractivity contribution is -0.121. The zero-order valence-electron chi connectivity index (χ0n) is 10.5. The van der Waals surface area contributed by atoms with Crippen LogP contribution in [0.2, 0.25) is 0 Å². The van der Waals surface area contributed by atoms with Gasteiger partial charge in [-0.15, -0.1) is 0 Å². The number of benzene rings is 1. The molecule has 0 saturated heterocycles. The van der Waals surface area contributed by atoms with Crippen molar-refractivity contribution in [3.63, 3.8) is 0 Å². The Bertz CT molecular complexity index is 659. The molecule has 0 aliphatic heterocycles. The molecule has 0 spiro atoms. The van der Waals surface area contributed by atoms with Crippen molar-refractivity contribution in [2.75, 3.05) is 13.2 Å². The summed E-state index contributed by atoms with van der Waals surface area (Å²) in [5.41, 5.74) is -0.113. The first-order chi connectivity index (χ1) is 9.65. The second kappa shape index (κ2) is 6.89. The van der Waals surface area contributed by atoms with Gasteiger partial charge in [0, 0.05) is 6.42 Å². The largest absolute Gasteiger partial charge is 0.402 e. The van der Waals surface area contributed by atoms with Crippen molar-refractivity contribution < 1.29 is 31.1 Å². The highest BCUT2D eigenvalue weighted by Crippen LogP contribution is 2.17. The number of hydrogen-bond acceptors (Lipinski definition) is 3. The van der Waals surface area contributed by atoms with Crippen molar-refractivity contribution in [1.29, 1.82) is 0 Å². The predicted octanol–water partition coefficient (Wildman–Crippen LogP) is 1.40. The molecule has 1 rings (SSSR count). The van der Waals surface area contributed by atoms with E-state index in [1.54, 1.807) is 0 Å². The van der Waals surface area contributed by atoms with Crippen LogP contribution in [0.15, 0.2) is 23.1 Å². The van der Waals surface area contributed by atoms with Crippen molar-refractivity contribution in [2.45, 2.75) is 17.5 Å². The van der Waals surface area contributed by atoms with Crippen LogP contribution in [0, 0.1) is 17.7 Å². The minimum absolute atomic E-state index is 0.113. The molecule has 2 N–H and O–H groups in total. The lowest BCUT2D eigenvalue weighted by Crippen LogP contribution is -2.33. The van der Waals surface area contributed by atoms with E-state index >= 15 is 0 Å². The molecule has 9 heteroatoms. The first kappa shape index (κ1) is 17.4. The van der Waals surface area contributed by atoms with Gasteiger partial charge in [0.1, 0.15) is 12.4 Å². The van der Waals surface area contributed by atoms with Crippen molar-refractivity contribution in [2.24, 2.45) is 0 Å². The first-order valence-electron chi connectivity index (χ1n) is 5.61. The highest BCUT2D eigenvalue weighted by Gasteiger charge is 2.30. The normalized spacial score (nSPS) is 11.9. The maximum Gasteiger partial charge on any atom is 0.402 e. The molecule has 0 unspecified atom stereocenters. The SMILES string of the molecule is O=S(=O)(NCC(F)(F)F)c1ccc(C#CCCO)c(F)c1. The molecule has 0 aromatic heterocycles. The molecule has 0 heterocycles. The molecule has 0 aliphatic rings. The van der Waals surface area contributed by atoms with Crippen LogP contribution in [0.5, 0.6) is 0 Å². The summed E-state index contributed by atoms with van der Waals surface area (Å²) < 4.78 is 74.0. The van der Waals surface area contributed by atoms with Gasteiger partial charge in [-0.05, 0) is 18.2 Å². The third-order valence-corrected chi connectivity index (χ3v) is 3.57. The maximum absolute atomic E-state index is 13.6. The molecule has 0 atom stereocenters. The topological polar surface area (TPSA) is 66.4 Å². The van der Waals surface area contributed by atoms with E-state index in [0.29, 0.717) is 6.07 Å². The molecule has 0 aliphatic carbocycles. The number of aliphatic hydroxyl groups excluding tert-OH is 1. The second-order valence-corrected chi connectivity index (χ2v) is 5.62. The van der Waals surface area contributed by atoms with E-state index in [1.807, 2.05) is 0 Å². The molecule has 0 saturated carbocycles. The molecule has 0 bridgehead atoms. The molecule has 0 fully saturated rings. The zero-order chi connectivity index (χ0) is 16.1. The van der Waals surface area contributed by atoms with Gasteiger partial charge in [0.15, 0.2) is 0 Å². The van der Waals surface area contributed by atoms with Crippen molar-refractivity contribution in [3.8, 4) is 11.8 Å². The minimum atomic E-state index is -4.71. The van der Waals surface area contributed by atoms with Crippen LogP contribution in [0.4, 0.5) is 17.6 Å². The van der Waals surface area contributed by atoms with Gasteiger partial charge in [-0.3, -0.25) is 0 Å². The molecular weight excluding hydrogens is 314 g/mol. The van der Waals surface area contributed by atoms with Crippen LogP contribution >= 0.6 is 0 Å². The van der Waals surface area contributed by atoms with Crippen molar-refractivity contribution in [3.05, 3.63) is 29.6 Å². The van der Waals surface area contributed by atoms with Gasteiger partial charge in [-0.2, -0.15) is 13.2 Å². The summed E-state index contributed by atoms with van der Waals surface area (Å²) in [6, 6.07) is 2.58. The van der Waals surface area contributed by atoms with Gasteiger partial charge in [0.05, 0.1) is 17.1 Å². The summed E-state index contributed by atoms with van der Waals surface area (Å²) >= 11 is 0. The average Bonchev–Trinajstić information content (AvgIpc) is 2.38. The van der Waals surface area contributed by atoms with Gasteiger partial charge >= 0.3 is 6.18 Å². The molecule has 0 amide bonds. The van der Waals surface area contributed by atoms with Crippen LogP contribution in [0.25, 0.3) is 0 Å². The number of halogens is 4. The van der Waals surface area contributed by atoms with Crippen molar-refractivity contribution >= 4 is 10.0 Å². The van der Waals surface area contributed by atoms with Crippen LogP contribution in [-0.2, 0) is 10.0 Å². The van der Waals surface area contributed by atoms with Crippen LogP contribution in [-0.4, -0.2) is 32.9 Å². The van der Waals surface area contributed by atoms with E-state index in [2.05, 4.69) is 11.8 Å². The Labute approximate surface area is 118 Å². The summed E-state index contributed by atoms with van der Waals surface area (Å²) in [4.78, 5) is -0.628. The van der Waals surface area contributed by atoms with Gasteiger partial charge in [0.2, 0.25) is 10.0 Å². The van der Waals surface area contributed by atoms with E-state index in [1.165, 1.54) is 4.72 Å². The Hall–Kier alpha value is -1.63. The number of sulfonamides is 1. The summed E-state index contributed by atoms with van der Waals surface area (Å²) in [6.07, 6.45) is -4.59. The Morgan fingerprint density at radius 3 is 2.48 bits per heavy atom. The summed E-state index contributed by atoms with van der Waals surface area (Å²) in [5, 5.41) is 8.51. The quantitative estimate of drug-likeness (QED) is 0.650. The molecular formula is C12H11F4NO3S. The van der Waals surface area contributed by atoms with Gasteiger partial charge in [0.25, 0.3) is 0 Å². The first-order valence-corrected chi connectivity index (χ1v) is 7.10. The second-order valence-electron chi connectivity index (χ2n) is 3.86. The van der Waals surface area contributed by atoms with Crippen LogP contribution in [0.1, 0.15) is 12.0 Å². The predicted molar refractivity (Wildman–Crippen MR) is 66.2 cm³/mol. The Balaban J connectivity index is 2.96. The third kappa shape index (κ3) is 5.71. The fourth-order valence-electron chi connectivity index (χ4n) is 1.24. The maximum atomic E-state index is 13.6. The van der Waals surface area contributed by atoms with Crippen LogP contribution < -0.4 is 4.72 Å². The van der Waals surface area contributed by atoms with Gasteiger partial charge < -0.3 is 5.11 Å². The van der Waals surface area contributed by atoms with E-state index < -0.39 is 33.5 Å². The zero-order valence-corrected chi connectivity index (χ0v) is 11.4. The highest BCUT2D eigenvalue weighted by atomic mass is 32.2. The smallest absolute Gasteiger partial charge is 0.395 e. The third-order valence-electron chi connectivity index (χ3n) is 2.17. The Kier molecular flexibility index (Phi) is 5.71. The standard InChI is InChI=1S/C12H11F4NO3S/c13-11-7-10(5-4-9(11)3-1-2-6-18)21(19,20)17-8-12(14,15)16/h4-5,7,17-18H,2,6,8H2. The van der Waals surface area contributed by atoms with E-state index in [0.717, 1.165) is 12.1 Å². The fraction of sp³-hybridized carbons (Fsp3) is 0.333. The van der Waals surface area contributed by atoms with Gasteiger partial charge in [-0.25, -0.2) is 17.5 Å². The molecule has 1 aromatic carbocycles. The lowest BCUT2D eigenvalue weighted by atomic mass is 10.2. The van der Waals surface area contributed by atoms with Crippen molar-refractivity contribution in [1.82, 2.24) is 4.72 Å². The van der Waals surface area contributed by atoms with E-state index in [9.17, 15) is 26.0 Å². The number of hydrogen-bond donors (Lipinski definition) is 2. The summed E-state index contributed by atoms with van der Waals surface area (Å²) in [5.74, 6) is 3.83. The van der Waals surface area contributed by atoms with E-state index in [4.69, 9.17) is 5.11 Å². The number of alkyl halides is 3. The molecule has 1 aromatic rings. The minimum Gasteiger partial charge on any atom is -0.395 e. The monoisotopic (exact) mass is 325 g/mol. The lowest BCUT2D eigenvalue weighted by Gasteiger charge is -2.09. The van der Waals surface area contributed by atoms with Gasteiger partial charge in [-0.1, -0.05) is 11.8 Å².